The molecule has 5 rings (SSSR count). The summed E-state index contributed by atoms with van der Waals surface area (Å²) < 4.78 is 5.49. The molecule has 3 heterocycles. The van der Waals surface area contributed by atoms with Gasteiger partial charge in [-0.25, -0.2) is 0 Å². The molecule has 0 aliphatic carbocycles. The molecule has 2 aromatic carbocycles. The zero-order valence-electron chi connectivity index (χ0n) is 20.8. The van der Waals surface area contributed by atoms with Gasteiger partial charge in [-0.15, -0.1) is 0 Å². The number of hydrogen-bond acceptors (Lipinski definition) is 6. The first-order chi connectivity index (χ1) is 17.5. The molecule has 188 valence electrons. The molecule has 3 aromatic rings. The van der Waals surface area contributed by atoms with Crippen LogP contribution in [0.15, 0.2) is 53.1 Å². The highest BCUT2D eigenvalue weighted by Gasteiger charge is 2.26. The van der Waals surface area contributed by atoms with E-state index >= 15 is 0 Å². The predicted molar refractivity (Wildman–Crippen MR) is 135 cm³/mol. The van der Waals surface area contributed by atoms with Crippen molar-refractivity contribution in [1.29, 1.82) is 0 Å². The second-order valence-corrected chi connectivity index (χ2v) is 9.83. The van der Waals surface area contributed by atoms with E-state index < -0.39 is 0 Å². The maximum atomic E-state index is 12.7. The summed E-state index contributed by atoms with van der Waals surface area (Å²) in [6.07, 6.45) is 3.24. The van der Waals surface area contributed by atoms with Gasteiger partial charge in [-0.2, -0.15) is 4.98 Å². The number of nitrogens with one attached hydrogen (secondary N) is 1. The Morgan fingerprint density at radius 1 is 1.03 bits per heavy atom. The van der Waals surface area contributed by atoms with Crippen LogP contribution < -0.4 is 5.32 Å². The van der Waals surface area contributed by atoms with E-state index in [4.69, 9.17) is 4.52 Å². The van der Waals surface area contributed by atoms with Crippen molar-refractivity contribution in [3.05, 3.63) is 71.1 Å². The van der Waals surface area contributed by atoms with Crippen LogP contribution in [0.4, 0.5) is 0 Å². The number of hydrogen-bond donors (Lipinski definition) is 1. The molecule has 8 heteroatoms. The number of aromatic nitrogens is 2. The number of carbonyl (C=O) groups excluding carboxylic acids is 2. The fourth-order valence-electron chi connectivity index (χ4n) is 4.98. The van der Waals surface area contributed by atoms with Crippen LogP contribution in [0.2, 0.25) is 0 Å². The summed E-state index contributed by atoms with van der Waals surface area (Å²) in [5.41, 5.74) is 4.29. The number of carbonyl (C=O) groups is 2. The average molecular weight is 488 g/mol. The van der Waals surface area contributed by atoms with Crippen LogP contribution in [-0.2, 0) is 29.2 Å². The smallest absolute Gasteiger partial charge is 0.241 e. The molecule has 0 saturated carbocycles. The van der Waals surface area contributed by atoms with Crippen molar-refractivity contribution >= 4 is 11.8 Å². The van der Waals surface area contributed by atoms with Crippen LogP contribution in [0.1, 0.15) is 48.3 Å². The molecule has 2 amide bonds. The fourth-order valence-corrected chi connectivity index (χ4v) is 4.98. The zero-order chi connectivity index (χ0) is 24.9. The van der Waals surface area contributed by atoms with Crippen molar-refractivity contribution in [2.45, 2.75) is 52.2 Å². The molecule has 0 radical (unpaired) electrons. The molecule has 1 N–H and O–H groups in total. The summed E-state index contributed by atoms with van der Waals surface area (Å²) in [6, 6.07) is 16.2. The minimum Gasteiger partial charge on any atom is -0.352 e. The van der Waals surface area contributed by atoms with Crippen LogP contribution in [0, 0.1) is 12.8 Å². The summed E-state index contributed by atoms with van der Waals surface area (Å²) in [6.45, 7) is 6.32. The monoisotopic (exact) mass is 487 g/mol. The molecule has 0 atom stereocenters. The third kappa shape index (κ3) is 5.82. The first-order valence-corrected chi connectivity index (χ1v) is 12.8. The van der Waals surface area contributed by atoms with Gasteiger partial charge in [0.05, 0.1) is 6.54 Å². The van der Waals surface area contributed by atoms with Gasteiger partial charge in [-0.3, -0.25) is 14.5 Å². The van der Waals surface area contributed by atoms with Gasteiger partial charge in [-0.05, 0) is 56.0 Å². The highest BCUT2D eigenvalue weighted by atomic mass is 16.5. The van der Waals surface area contributed by atoms with E-state index in [1.807, 2.05) is 60.4 Å². The first-order valence-electron chi connectivity index (χ1n) is 12.8. The number of amides is 2. The van der Waals surface area contributed by atoms with Crippen molar-refractivity contribution in [1.82, 2.24) is 25.3 Å². The molecule has 2 saturated heterocycles. The van der Waals surface area contributed by atoms with Crippen molar-refractivity contribution in [3.63, 3.8) is 0 Å². The number of rotatable bonds is 8. The number of benzene rings is 2. The average Bonchev–Trinajstić information content (AvgIpc) is 3.53. The Labute approximate surface area is 211 Å². The van der Waals surface area contributed by atoms with Gasteiger partial charge in [0.2, 0.25) is 23.5 Å². The second kappa shape index (κ2) is 11.0. The standard InChI is InChI=1S/C28H33N5O3/c1-20-5-2-3-6-24(20)27-30-25(36-31-27)19-32-15-12-23(13-16-32)28(35)29-17-21-8-10-22(11-9-21)18-33-14-4-7-26(33)34/h2-3,5-6,8-11,23H,4,7,12-19H2,1H3,(H,29,35). The van der Waals surface area contributed by atoms with Gasteiger partial charge in [0, 0.05) is 37.5 Å². The molecule has 0 unspecified atom stereocenters. The molecule has 2 fully saturated rings. The van der Waals surface area contributed by atoms with Crippen molar-refractivity contribution < 1.29 is 14.1 Å². The first kappa shape index (κ1) is 24.2. The maximum Gasteiger partial charge on any atom is 0.241 e. The number of aryl methyl sites for hydroxylation is 1. The zero-order valence-corrected chi connectivity index (χ0v) is 20.8. The third-order valence-electron chi connectivity index (χ3n) is 7.21. The molecule has 0 spiro atoms. The lowest BCUT2D eigenvalue weighted by Crippen LogP contribution is -2.40. The maximum absolute atomic E-state index is 12.7. The second-order valence-electron chi connectivity index (χ2n) is 9.83. The minimum atomic E-state index is 0.0203. The van der Waals surface area contributed by atoms with Crippen molar-refractivity contribution in [2.75, 3.05) is 19.6 Å². The Kier molecular flexibility index (Phi) is 7.41. The SMILES string of the molecule is Cc1ccccc1-c1noc(CN2CCC(C(=O)NCc3ccc(CN4CCCC4=O)cc3)CC2)n1. The van der Waals surface area contributed by atoms with E-state index in [0.29, 0.717) is 37.8 Å². The number of nitrogens with zero attached hydrogens (tertiary/aromatic N) is 4. The molecule has 1 aromatic heterocycles. The van der Waals surface area contributed by atoms with E-state index in [1.165, 1.54) is 0 Å². The van der Waals surface area contributed by atoms with Crippen molar-refractivity contribution in [2.24, 2.45) is 5.92 Å². The summed E-state index contributed by atoms with van der Waals surface area (Å²) in [4.78, 5) is 33.3. The van der Waals surface area contributed by atoms with Crippen LogP contribution in [0.25, 0.3) is 11.4 Å². The van der Waals surface area contributed by atoms with Gasteiger partial charge in [0.25, 0.3) is 0 Å². The van der Waals surface area contributed by atoms with Crippen molar-refractivity contribution in [3.8, 4) is 11.4 Å². The molecular formula is C28H33N5O3. The van der Waals surface area contributed by atoms with Crippen LogP contribution in [0.3, 0.4) is 0 Å². The summed E-state index contributed by atoms with van der Waals surface area (Å²) >= 11 is 0. The number of likely N-dealkylation sites (tertiary alicyclic amines) is 2. The Hall–Kier alpha value is -3.52. The molecular weight excluding hydrogens is 454 g/mol. The van der Waals surface area contributed by atoms with E-state index in [9.17, 15) is 9.59 Å². The summed E-state index contributed by atoms with van der Waals surface area (Å²) in [7, 11) is 0. The third-order valence-corrected chi connectivity index (χ3v) is 7.21. The Morgan fingerprint density at radius 3 is 2.50 bits per heavy atom. The molecule has 8 nitrogen and oxygen atoms in total. The van der Waals surface area contributed by atoms with Gasteiger partial charge in [-0.1, -0.05) is 53.7 Å². The normalized spacial score (nSPS) is 17.0. The minimum absolute atomic E-state index is 0.0203. The molecule has 2 aliphatic rings. The van der Waals surface area contributed by atoms with E-state index in [2.05, 4.69) is 20.4 Å². The Morgan fingerprint density at radius 2 is 1.78 bits per heavy atom. The quantitative estimate of drug-likeness (QED) is 0.521. The van der Waals surface area contributed by atoms with Gasteiger partial charge in [0.15, 0.2) is 0 Å². The lowest BCUT2D eigenvalue weighted by atomic mass is 9.96. The largest absolute Gasteiger partial charge is 0.352 e. The Bertz CT molecular complexity index is 1200. The van der Waals surface area contributed by atoms with E-state index in [1.54, 1.807) is 0 Å². The van der Waals surface area contributed by atoms with E-state index in [0.717, 1.165) is 61.2 Å². The number of piperidine rings is 1. The highest BCUT2D eigenvalue weighted by Crippen LogP contribution is 2.22. The van der Waals surface area contributed by atoms with Gasteiger partial charge in [0.1, 0.15) is 0 Å². The van der Waals surface area contributed by atoms with Gasteiger partial charge >= 0.3 is 0 Å². The molecule has 2 aliphatic heterocycles. The van der Waals surface area contributed by atoms with Crippen LogP contribution in [-0.4, -0.2) is 51.4 Å². The highest BCUT2D eigenvalue weighted by molar-refractivity contribution is 5.79. The summed E-state index contributed by atoms with van der Waals surface area (Å²) in [5.74, 6) is 1.60. The fraction of sp³-hybridized carbons (Fsp3) is 0.429. The summed E-state index contributed by atoms with van der Waals surface area (Å²) in [5, 5.41) is 7.25. The van der Waals surface area contributed by atoms with Crippen LogP contribution >= 0.6 is 0 Å². The lowest BCUT2D eigenvalue weighted by Gasteiger charge is -2.30. The predicted octanol–water partition coefficient (Wildman–Crippen LogP) is 3.70. The van der Waals surface area contributed by atoms with Gasteiger partial charge < -0.3 is 14.7 Å². The van der Waals surface area contributed by atoms with E-state index in [-0.39, 0.29) is 17.7 Å². The van der Waals surface area contributed by atoms with Crippen LogP contribution in [0.5, 0.6) is 0 Å². The molecule has 36 heavy (non-hydrogen) atoms. The Balaban J connectivity index is 1.05. The molecule has 0 bridgehead atoms. The topological polar surface area (TPSA) is 91.6 Å². The lowest BCUT2D eigenvalue weighted by molar-refractivity contribution is -0.128.